The minimum atomic E-state index is -1.74. The lowest BCUT2D eigenvalue weighted by molar-refractivity contribution is -0.148. The van der Waals surface area contributed by atoms with Crippen LogP contribution in [-0.2, 0) is 14.4 Å². The number of carbonyl (C=O) groups is 3. The zero-order valence-corrected chi connectivity index (χ0v) is 13.6. The molecule has 3 rings (SSSR count). The van der Waals surface area contributed by atoms with Crippen molar-refractivity contribution in [2.45, 2.75) is 18.9 Å². The van der Waals surface area contributed by atoms with Crippen LogP contribution in [0.2, 0.25) is 5.02 Å². The molecule has 1 aromatic carbocycles. The first kappa shape index (κ1) is 16.7. The average Bonchev–Trinajstić information content (AvgIpc) is 3.04. The van der Waals surface area contributed by atoms with E-state index in [2.05, 4.69) is 5.32 Å². The molecule has 2 aliphatic carbocycles. The van der Waals surface area contributed by atoms with Crippen LogP contribution in [0.15, 0.2) is 24.3 Å². The van der Waals surface area contributed by atoms with E-state index >= 15 is 0 Å². The highest BCUT2D eigenvalue weighted by Gasteiger charge is 2.83. The Labute approximate surface area is 142 Å². The van der Waals surface area contributed by atoms with Gasteiger partial charge >= 0.3 is 11.9 Å². The van der Waals surface area contributed by atoms with Gasteiger partial charge in [0.25, 0.3) is 0 Å². The molecule has 5 N–H and O–H groups in total. The van der Waals surface area contributed by atoms with Crippen molar-refractivity contribution in [2.75, 3.05) is 5.32 Å². The molecule has 8 heteroatoms. The topological polar surface area (TPSA) is 130 Å². The van der Waals surface area contributed by atoms with Crippen LogP contribution in [0, 0.1) is 23.2 Å². The van der Waals surface area contributed by atoms with Crippen LogP contribution >= 0.6 is 11.6 Å². The molecule has 24 heavy (non-hydrogen) atoms. The molecular formula is C16H17ClN2O5. The molecule has 0 spiro atoms. The lowest BCUT2D eigenvalue weighted by Gasteiger charge is -2.29. The maximum absolute atomic E-state index is 12.6. The van der Waals surface area contributed by atoms with Gasteiger partial charge in [0.15, 0.2) is 0 Å². The Kier molecular flexibility index (Phi) is 3.62. The van der Waals surface area contributed by atoms with Crippen molar-refractivity contribution in [3.63, 3.8) is 0 Å². The van der Waals surface area contributed by atoms with E-state index in [1.807, 2.05) is 0 Å². The van der Waals surface area contributed by atoms with E-state index in [0.717, 1.165) is 0 Å². The summed E-state index contributed by atoms with van der Waals surface area (Å²) in [4.78, 5) is 35.7. The summed E-state index contributed by atoms with van der Waals surface area (Å²) in [5.74, 6) is -5.17. The molecule has 2 aliphatic rings. The van der Waals surface area contributed by atoms with Crippen molar-refractivity contribution in [2.24, 2.45) is 28.9 Å². The van der Waals surface area contributed by atoms with Crippen LogP contribution in [-0.4, -0.2) is 33.6 Å². The number of halogens is 1. The van der Waals surface area contributed by atoms with Crippen molar-refractivity contribution in [3.8, 4) is 0 Å². The fourth-order valence-electron chi connectivity index (χ4n) is 4.25. The molecular weight excluding hydrogens is 336 g/mol. The number of nitrogens with one attached hydrogen (secondary N) is 1. The summed E-state index contributed by atoms with van der Waals surface area (Å²) in [5.41, 5.74) is 3.62. The van der Waals surface area contributed by atoms with Crippen LogP contribution in [0.5, 0.6) is 0 Å². The number of carboxylic acid groups (broad SMARTS) is 2. The van der Waals surface area contributed by atoms with Crippen LogP contribution < -0.4 is 11.1 Å². The van der Waals surface area contributed by atoms with Crippen LogP contribution in [0.3, 0.4) is 0 Å². The fourth-order valence-corrected chi connectivity index (χ4v) is 4.44. The quantitative estimate of drug-likeness (QED) is 0.648. The first-order valence-electron chi connectivity index (χ1n) is 7.44. The van der Waals surface area contributed by atoms with Gasteiger partial charge in [-0.1, -0.05) is 24.6 Å². The number of nitrogens with two attached hydrogens (primary N) is 1. The van der Waals surface area contributed by atoms with Crippen molar-refractivity contribution in [1.82, 2.24) is 0 Å². The van der Waals surface area contributed by atoms with Crippen LogP contribution in [0.4, 0.5) is 5.69 Å². The minimum absolute atomic E-state index is 0.0975. The lowest BCUT2D eigenvalue weighted by Crippen LogP contribution is -2.55. The van der Waals surface area contributed by atoms with Gasteiger partial charge < -0.3 is 21.3 Å². The maximum atomic E-state index is 12.6. The minimum Gasteiger partial charge on any atom is -0.481 e. The molecule has 5 atom stereocenters. The number of amides is 1. The fraction of sp³-hybridized carbons (Fsp3) is 0.438. The standard InChI is InChI=1S/C16H17ClN2O5/c1-15-10(11(15)13(21)22)9(6-16(15,18)14(23)24)12(20)19-8-4-2-3-7(17)5-8/h2-5,9-11H,6,18H2,1H3,(H,19,20)(H,21,22)(H,23,24). The first-order chi connectivity index (χ1) is 11.1. The third-order valence-electron chi connectivity index (χ3n) is 5.60. The molecule has 0 bridgehead atoms. The van der Waals surface area contributed by atoms with E-state index in [0.29, 0.717) is 10.7 Å². The molecule has 0 aliphatic heterocycles. The predicted octanol–water partition coefficient (Wildman–Crippen LogP) is 1.42. The second-order valence-corrected chi connectivity index (χ2v) is 7.15. The zero-order valence-electron chi connectivity index (χ0n) is 12.8. The Bertz CT molecular complexity index is 754. The summed E-state index contributed by atoms with van der Waals surface area (Å²) >= 11 is 5.87. The van der Waals surface area contributed by atoms with Gasteiger partial charge in [0.1, 0.15) is 5.54 Å². The molecule has 1 aromatic rings. The Morgan fingerprint density at radius 2 is 2.00 bits per heavy atom. The molecule has 0 heterocycles. The van der Waals surface area contributed by atoms with Gasteiger partial charge in [0, 0.05) is 22.0 Å². The van der Waals surface area contributed by atoms with E-state index in [9.17, 15) is 24.6 Å². The molecule has 0 saturated heterocycles. The van der Waals surface area contributed by atoms with Crippen molar-refractivity contribution in [3.05, 3.63) is 29.3 Å². The van der Waals surface area contributed by atoms with Gasteiger partial charge in [0.05, 0.1) is 5.92 Å². The summed E-state index contributed by atoms with van der Waals surface area (Å²) in [6, 6.07) is 6.52. The predicted molar refractivity (Wildman–Crippen MR) is 85.5 cm³/mol. The third-order valence-corrected chi connectivity index (χ3v) is 5.84. The number of hydrogen-bond donors (Lipinski definition) is 4. The Morgan fingerprint density at radius 1 is 1.33 bits per heavy atom. The monoisotopic (exact) mass is 352 g/mol. The number of carbonyl (C=O) groups excluding carboxylic acids is 1. The highest BCUT2D eigenvalue weighted by Crippen LogP contribution is 2.73. The van der Waals surface area contributed by atoms with E-state index < -0.39 is 46.6 Å². The number of benzene rings is 1. The second kappa shape index (κ2) is 5.19. The Balaban J connectivity index is 1.88. The molecule has 1 amide bonds. The summed E-state index contributed by atoms with van der Waals surface area (Å²) in [6.45, 7) is 1.54. The van der Waals surface area contributed by atoms with Gasteiger partial charge in [-0.05, 0) is 30.5 Å². The van der Waals surface area contributed by atoms with Crippen molar-refractivity contribution in [1.29, 1.82) is 0 Å². The number of carboxylic acids is 2. The number of hydrogen-bond acceptors (Lipinski definition) is 4. The van der Waals surface area contributed by atoms with Crippen molar-refractivity contribution < 1.29 is 24.6 Å². The third kappa shape index (κ3) is 2.12. The van der Waals surface area contributed by atoms with Gasteiger partial charge in [-0.2, -0.15) is 0 Å². The molecule has 2 fully saturated rings. The Morgan fingerprint density at radius 3 is 2.54 bits per heavy atom. The largest absolute Gasteiger partial charge is 0.481 e. The van der Waals surface area contributed by atoms with E-state index in [4.69, 9.17) is 17.3 Å². The maximum Gasteiger partial charge on any atom is 0.324 e. The molecule has 128 valence electrons. The molecule has 0 aromatic heterocycles. The van der Waals surface area contributed by atoms with Crippen molar-refractivity contribution >= 4 is 35.1 Å². The number of aliphatic carboxylic acids is 2. The summed E-state index contributed by atoms with van der Waals surface area (Å²) < 4.78 is 0. The smallest absolute Gasteiger partial charge is 0.324 e. The lowest BCUT2D eigenvalue weighted by atomic mass is 9.80. The van der Waals surface area contributed by atoms with Gasteiger partial charge in [-0.15, -0.1) is 0 Å². The van der Waals surface area contributed by atoms with E-state index in [-0.39, 0.29) is 6.42 Å². The molecule has 5 unspecified atom stereocenters. The number of anilines is 1. The highest BCUT2D eigenvalue weighted by atomic mass is 35.5. The molecule has 2 saturated carbocycles. The van der Waals surface area contributed by atoms with Gasteiger partial charge in [-0.25, -0.2) is 0 Å². The number of fused-ring (bicyclic) bond motifs is 1. The summed E-state index contributed by atoms with van der Waals surface area (Å²) in [5, 5.41) is 22.0. The molecule has 7 nitrogen and oxygen atoms in total. The first-order valence-corrected chi connectivity index (χ1v) is 7.82. The second-order valence-electron chi connectivity index (χ2n) is 6.71. The number of rotatable bonds is 4. The van der Waals surface area contributed by atoms with E-state index in [1.54, 1.807) is 24.3 Å². The summed E-state index contributed by atoms with van der Waals surface area (Å²) in [6.07, 6.45) is -0.0975. The normalized spacial score (nSPS) is 36.7. The molecule has 0 radical (unpaired) electrons. The highest BCUT2D eigenvalue weighted by molar-refractivity contribution is 6.30. The van der Waals surface area contributed by atoms with Crippen LogP contribution in [0.25, 0.3) is 0 Å². The Hall–Kier alpha value is -2.12. The van der Waals surface area contributed by atoms with Crippen LogP contribution in [0.1, 0.15) is 13.3 Å². The zero-order chi connectivity index (χ0) is 17.9. The average molecular weight is 353 g/mol. The summed E-state index contributed by atoms with van der Waals surface area (Å²) in [7, 11) is 0. The van der Waals surface area contributed by atoms with Gasteiger partial charge in [-0.3, -0.25) is 14.4 Å². The van der Waals surface area contributed by atoms with E-state index in [1.165, 1.54) is 6.92 Å². The SMILES string of the molecule is CC12C(C(=O)O)C1C(C(=O)Nc1cccc(Cl)c1)CC2(N)C(=O)O. The van der Waals surface area contributed by atoms with Gasteiger partial charge in [0.2, 0.25) is 5.91 Å².